The van der Waals surface area contributed by atoms with Crippen molar-refractivity contribution in [1.29, 1.82) is 0 Å². The molecule has 6 heteroatoms. The Bertz CT molecular complexity index is 1170. The van der Waals surface area contributed by atoms with E-state index in [1.54, 1.807) is 6.07 Å². The fraction of sp³-hybridized carbons (Fsp3) is 0.0476. The van der Waals surface area contributed by atoms with Crippen molar-refractivity contribution in [3.8, 4) is 11.3 Å². The molecule has 134 valence electrons. The smallest absolute Gasteiger partial charge is 0.257 e. The van der Waals surface area contributed by atoms with Gasteiger partial charge in [0.1, 0.15) is 0 Å². The Hall–Kier alpha value is -3.12. The van der Waals surface area contributed by atoms with Gasteiger partial charge in [-0.1, -0.05) is 30.3 Å². The zero-order valence-corrected chi connectivity index (χ0v) is 15.1. The van der Waals surface area contributed by atoms with E-state index < -0.39 is 11.6 Å². The minimum atomic E-state index is -0.929. The predicted octanol–water partition coefficient (Wildman–Crippen LogP) is 5.80. The topological polar surface area (TPSA) is 42.0 Å². The largest absolute Gasteiger partial charge is 0.298 e. The summed E-state index contributed by atoms with van der Waals surface area (Å²) in [6.45, 7) is 1.82. The fourth-order valence-electron chi connectivity index (χ4n) is 2.86. The lowest BCUT2D eigenvalue weighted by atomic mass is 10.1. The Morgan fingerprint density at radius 2 is 1.74 bits per heavy atom. The van der Waals surface area contributed by atoms with Crippen LogP contribution >= 0.6 is 11.3 Å². The summed E-state index contributed by atoms with van der Waals surface area (Å²) < 4.78 is 26.6. The van der Waals surface area contributed by atoms with Gasteiger partial charge in [-0.25, -0.2) is 13.8 Å². The number of hydrogen-bond acceptors (Lipinski definition) is 3. The molecule has 0 spiro atoms. The van der Waals surface area contributed by atoms with E-state index in [0.717, 1.165) is 27.8 Å². The average molecular weight is 380 g/mol. The van der Waals surface area contributed by atoms with Gasteiger partial charge in [-0.05, 0) is 48.0 Å². The van der Waals surface area contributed by atoms with Crippen LogP contribution in [0.1, 0.15) is 15.2 Å². The van der Waals surface area contributed by atoms with Gasteiger partial charge in [-0.15, -0.1) is 11.3 Å². The lowest BCUT2D eigenvalue weighted by Crippen LogP contribution is -2.11. The maximum atomic E-state index is 13.5. The Morgan fingerprint density at radius 1 is 0.963 bits per heavy atom. The van der Waals surface area contributed by atoms with Crippen LogP contribution in [0.3, 0.4) is 0 Å². The van der Waals surface area contributed by atoms with Gasteiger partial charge in [0, 0.05) is 16.0 Å². The lowest BCUT2D eigenvalue weighted by Gasteiger charge is -2.04. The summed E-state index contributed by atoms with van der Waals surface area (Å²) in [6, 6.07) is 16.9. The highest BCUT2D eigenvalue weighted by atomic mass is 32.1. The average Bonchev–Trinajstić information content (AvgIpc) is 3.03. The third kappa shape index (κ3) is 3.44. The number of halogens is 2. The second-order valence-electron chi connectivity index (χ2n) is 6.07. The molecule has 4 aromatic rings. The molecule has 1 aromatic heterocycles. The summed E-state index contributed by atoms with van der Waals surface area (Å²) in [7, 11) is 0. The van der Waals surface area contributed by atoms with Gasteiger partial charge in [-0.3, -0.25) is 10.1 Å². The van der Waals surface area contributed by atoms with Crippen LogP contribution in [0.4, 0.5) is 13.9 Å². The van der Waals surface area contributed by atoms with Crippen molar-refractivity contribution >= 4 is 33.1 Å². The molecule has 0 saturated heterocycles. The lowest BCUT2D eigenvalue weighted by molar-refractivity contribution is 0.102. The highest BCUT2D eigenvalue weighted by molar-refractivity contribution is 7.16. The number of anilines is 1. The standard InChI is InChI=1S/C21H14F2N2OS/c1-12-19(15-8-9-17(22)18(23)11-15)24-21(27-12)25-20(26)16-7-6-13-4-2-3-5-14(13)10-16/h2-11H,1H3,(H,24,25,26). The minimum absolute atomic E-state index is 0.272. The summed E-state index contributed by atoms with van der Waals surface area (Å²) in [5, 5.41) is 5.22. The molecule has 27 heavy (non-hydrogen) atoms. The Labute approximate surface area is 158 Å². The summed E-state index contributed by atoms with van der Waals surface area (Å²) >= 11 is 1.29. The maximum absolute atomic E-state index is 13.5. The molecule has 0 aliphatic carbocycles. The molecule has 0 aliphatic rings. The third-order valence-electron chi connectivity index (χ3n) is 4.22. The number of rotatable bonds is 3. The zero-order chi connectivity index (χ0) is 19.0. The maximum Gasteiger partial charge on any atom is 0.257 e. The minimum Gasteiger partial charge on any atom is -0.298 e. The van der Waals surface area contributed by atoms with E-state index in [-0.39, 0.29) is 5.91 Å². The molecule has 0 radical (unpaired) electrons. The van der Waals surface area contributed by atoms with Crippen LogP contribution in [0.15, 0.2) is 60.7 Å². The van der Waals surface area contributed by atoms with Crippen LogP contribution in [-0.4, -0.2) is 10.9 Å². The van der Waals surface area contributed by atoms with E-state index >= 15 is 0 Å². The molecule has 0 atom stereocenters. The highest BCUT2D eigenvalue weighted by Crippen LogP contribution is 2.31. The number of nitrogens with zero attached hydrogens (tertiary/aromatic N) is 1. The number of fused-ring (bicyclic) bond motifs is 1. The SMILES string of the molecule is Cc1sc(NC(=O)c2ccc3ccccc3c2)nc1-c1ccc(F)c(F)c1. The molecular weight excluding hydrogens is 366 g/mol. The van der Waals surface area contributed by atoms with E-state index in [4.69, 9.17) is 0 Å². The number of nitrogens with one attached hydrogen (secondary N) is 1. The van der Waals surface area contributed by atoms with Crippen molar-refractivity contribution in [2.75, 3.05) is 5.32 Å². The van der Waals surface area contributed by atoms with Crippen molar-refractivity contribution in [3.63, 3.8) is 0 Å². The van der Waals surface area contributed by atoms with Crippen molar-refractivity contribution in [2.45, 2.75) is 6.92 Å². The second kappa shape index (κ2) is 6.89. The van der Waals surface area contributed by atoms with Crippen LogP contribution in [0.5, 0.6) is 0 Å². The first-order chi connectivity index (χ1) is 13.0. The van der Waals surface area contributed by atoms with Crippen LogP contribution in [0, 0.1) is 18.6 Å². The summed E-state index contributed by atoms with van der Waals surface area (Å²) in [5.41, 5.74) is 1.51. The zero-order valence-electron chi connectivity index (χ0n) is 14.3. The van der Waals surface area contributed by atoms with Gasteiger partial charge in [0.05, 0.1) is 5.69 Å². The molecular formula is C21H14F2N2OS. The molecule has 3 aromatic carbocycles. The van der Waals surface area contributed by atoms with Crippen LogP contribution in [0.2, 0.25) is 0 Å². The Balaban J connectivity index is 1.60. The number of thiazole rings is 1. The van der Waals surface area contributed by atoms with Crippen molar-refractivity contribution < 1.29 is 13.6 Å². The molecule has 1 heterocycles. The summed E-state index contributed by atoms with van der Waals surface area (Å²) in [6.07, 6.45) is 0. The first-order valence-corrected chi connectivity index (χ1v) is 9.06. The third-order valence-corrected chi connectivity index (χ3v) is 5.11. The number of hydrogen-bond donors (Lipinski definition) is 1. The van der Waals surface area contributed by atoms with E-state index in [2.05, 4.69) is 10.3 Å². The molecule has 0 bridgehead atoms. The number of carbonyl (C=O) groups is 1. The monoisotopic (exact) mass is 380 g/mol. The molecule has 1 N–H and O–H groups in total. The van der Waals surface area contributed by atoms with E-state index in [9.17, 15) is 13.6 Å². The summed E-state index contributed by atoms with van der Waals surface area (Å²) in [4.78, 5) is 17.7. The number of benzene rings is 3. The number of aromatic nitrogens is 1. The van der Waals surface area contributed by atoms with Gasteiger partial charge in [0.25, 0.3) is 5.91 Å². The number of carbonyl (C=O) groups excluding carboxylic acids is 1. The van der Waals surface area contributed by atoms with Gasteiger partial charge in [-0.2, -0.15) is 0 Å². The van der Waals surface area contributed by atoms with Crippen molar-refractivity contribution in [1.82, 2.24) is 4.98 Å². The normalized spacial score (nSPS) is 10.9. The molecule has 0 aliphatic heterocycles. The quantitative estimate of drug-likeness (QED) is 0.488. The van der Waals surface area contributed by atoms with E-state index in [1.807, 2.05) is 43.3 Å². The fourth-order valence-corrected chi connectivity index (χ4v) is 3.69. The van der Waals surface area contributed by atoms with Crippen LogP contribution in [0.25, 0.3) is 22.0 Å². The molecule has 1 amide bonds. The number of amides is 1. The van der Waals surface area contributed by atoms with Crippen molar-refractivity contribution in [2.24, 2.45) is 0 Å². The van der Waals surface area contributed by atoms with E-state index in [0.29, 0.717) is 22.0 Å². The molecule has 0 unspecified atom stereocenters. The highest BCUT2D eigenvalue weighted by Gasteiger charge is 2.15. The first-order valence-electron chi connectivity index (χ1n) is 8.24. The number of aryl methyl sites for hydroxylation is 1. The molecule has 0 fully saturated rings. The summed E-state index contributed by atoms with van der Waals surface area (Å²) in [5.74, 6) is -2.11. The van der Waals surface area contributed by atoms with Gasteiger partial charge in [0.15, 0.2) is 16.8 Å². The predicted molar refractivity (Wildman–Crippen MR) is 104 cm³/mol. The van der Waals surface area contributed by atoms with Crippen LogP contribution < -0.4 is 5.32 Å². The van der Waals surface area contributed by atoms with E-state index in [1.165, 1.54) is 17.4 Å². The molecule has 0 saturated carbocycles. The van der Waals surface area contributed by atoms with Crippen LogP contribution in [-0.2, 0) is 0 Å². The Kier molecular flexibility index (Phi) is 4.41. The Morgan fingerprint density at radius 3 is 2.52 bits per heavy atom. The van der Waals surface area contributed by atoms with Gasteiger partial charge < -0.3 is 0 Å². The molecule has 3 nitrogen and oxygen atoms in total. The second-order valence-corrected chi connectivity index (χ2v) is 7.27. The van der Waals surface area contributed by atoms with Crippen molar-refractivity contribution in [3.05, 3.63) is 82.7 Å². The molecule has 4 rings (SSSR count). The van der Waals surface area contributed by atoms with Gasteiger partial charge >= 0.3 is 0 Å². The van der Waals surface area contributed by atoms with Gasteiger partial charge in [0.2, 0.25) is 0 Å². The first kappa shape index (κ1) is 17.3.